The van der Waals surface area contributed by atoms with Crippen LogP contribution in [0.15, 0.2) is 0 Å². The molecule has 0 aromatic rings. The Morgan fingerprint density at radius 2 is 1.94 bits per heavy atom. The molecule has 3 heteroatoms. The monoisotopic (exact) mass is 254 g/mol. The zero-order valence-corrected chi connectivity index (χ0v) is 12.9. The Hall–Kier alpha value is -0.153. The minimum absolute atomic E-state index is 0.00929. The Kier molecular flexibility index (Phi) is 2.87. The van der Waals surface area contributed by atoms with Crippen LogP contribution in [0.4, 0.5) is 0 Å². The van der Waals surface area contributed by atoms with Gasteiger partial charge in [0.25, 0.3) is 0 Å². The highest BCUT2D eigenvalue weighted by molar-refractivity contribution is 6.74. The molecule has 0 aliphatic heterocycles. The van der Waals surface area contributed by atoms with Crippen LogP contribution in [0.2, 0.25) is 18.1 Å². The molecule has 0 aromatic carbocycles. The van der Waals surface area contributed by atoms with E-state index in [4.69, 9.17) is 4.43 Å². The summed E-state index contributed by atoms with van der Waals surface area (Å²) < 4.78 is 6.33. The van der Waals surface area contributed by atoms with Crippen molar-refractivity contribution in [3.05, 3.63) is 0 Å². The molecule has 2 fully saturated rings. The van der Waals surface area contributed by atoms with Gasteiger partial charge in [0.1, 0.15) is 6.29 Å². The number of carbonyl (C=O) groups is 1. The Morgan fingerprint density at radius 3 is 2.41 bits per heavy atom. The summed E-state index contributed by atoms with van der Waals surface area (Å²) in [7, 11) is -1.65. The fourth-order valence-electron chi connectivity index (χ4n) is 3.02. The van der Waals surface area contributed by atoms with Crippen molar-refractivity contribution in [2.75, 3.05) is 6.61 Å². The molecule has 17 heavy (non-hydrogen) atoms. The van der Waals surface area contributed by atoms with Crippen molar-refractivity contribution in [3.8, 4) is 0 Å². The van der Waals surface area contributed by atoms with Crippen molar-refractivity contribution in [3.63, 3.8) is 0 Å². The molecule has 0 aromatic heterocycles. The predicted octanol–water partition coefficient (Wildman–Crippen LogP) is 3.77. The van der Waals surface area contributed by atoms with Gasteiger partial charge in [0.15, 0.2) is 8.32 Å². The SMILES string of the molecule is CC(C)(C)[Si](C)(C)OC[C@]12CCC[C@@]1(C=O)C2. The highest BCUT2D eigenvalue weighted by Crippen LogP contribution is 2.72. The van der Waals surface area contributed by atoms with Gasteiger partial charge in [-0.3, -0.25) is 0 Å². The Labute approximate surface area is 106 Å². The van der Waals surface area contributed by atoms with E-state index in [1.54, 1.807) is 0 Å². The van der Waals surface area contributed by atoms with Crippen LogP contribution in [-0.4, -0.2) is 21.2 Å². The van der Waals surface area contributed by atoms with E-state index >= 15 is 0 Å². The second-order valence-electron chi connectivity index (χ2n) is 7.63. The van der Waals surface area contributed by atoms with E-state index in [1.165, 1.54) is 19.1 Å². The van der Waals surface area contributed by atoms with Gasteiger partial charge in [-0.15, -0.1) is 0 Å². The van der Waals surface area contributed by atoms with E-state index in [0.717, 1.165) is 19.4 Å². The van der Waals surface area contributed by atoms with Gasteiger partial charge in [-0.05, 0) is 37.4 Å². The number of carbonyl (C=O) groups excluding carboxylic acids is 1. The molecule has 0 amide bonds. The summed E-state index contributed by atoms with van der Waals surface area (Å²) in [4.78, 5) is 11.3. The van der Waals surface area contributed by atoms with Gasteiger partial charge in [0.05, 0.1) is 0 Å². The van der Waals surface area contributed by atoms with Gasteiger partial charge >= 0.3 is 0 Å². The highest BCUT2D eigenvalue weighted by Gasteiger charge is 2.70. The fourth-order valence-corrected chi connectivity index (χ4v) is 4.09. The number of aldehydes is 1. The van der Waals surface area contributed by atoms with E-state index < -0.39 is 8.32 Å². The quantitative estimate of drug-likeness (QED) is 0.564. The first kappa shape index (κ1) is 13.3. The average Bonchev–Trinajstić information content (AvgIpc) is 2.72. The van der Waals surface area contributed by atoms with Crippen molar-refractivity contribution in [2.45, 2.75) is 64.6 Å². The van der Waals surface area contributed by atoms with E-state index in [9.17, 15) is 4.79 Å². The van der Waals surface area contributed by atoms with Crippen LogP contribution >= 0.6 is 0 Å². The second-order valence-corrected chi connectivity index (χ2v) is 12.4. The first-order valence-electron chi connectivity index (χ1n) is 6.78. The number of fused-ring (bicyclic) bond motifs is 1. The third-order valence-corrected chi connectivity index (χ3v) is 10.1. The lowest BCUT2D eigenvalue weighted by molar-refractivity contribution is -0.113. The molecule has 2 atom stereocenters. The van der Waals surface area contributed by atoms with E-state index in [0.29, 0.717) is 0 Å². The van der Waals surface area contributed by atoms with Gasteiger partial charge < -0.3 is 9.22 Å². The minimum Gasteiger partial charge on any atom is -0.416 e. The normalized spacial score (nSPS) is 36.8. The molecule has 2 rings (SSSR count). The zero-order chi connectivity index (χ0) is 12.9. The van der Waals surface area contributed by atoms with Gasteiger partial charge in [-0.25, -0.2) is 0 Å². The van der Waals surface area contributed by atoms with Crippen LogP contribution < -0.4 is 0 Å². The Bertz CT molecular complexity index is 332. The van der Waals surface area contributed by atoms with E-state index in [2.05, 4.69) is 33.9 Å². The standard InChI is InChI=1S/C14H26O2Si/c1-12(2,3)17(4,5)16-11-14-8-6-7-13(14,9-14)10-15/h10H,6-9,11H2,1-5H3/t13-,14+/m0/s1. The van der Waals surface area contributed by atoms with Gasteiger partial charge in [0.2, 0.25) is 0 Å². The molecule has 0 heterocycles. The summed E-state index contributed by atoms with van der Waals surface area (Å²) in [5.74, 6) is 0. The van der Waals surface area contributed by atoms with Crippen LogP contribution in [0, 0.1) is 10.8 Å². The van der Waals surface area contributed by atoms with Crippen molar-refractivity contribution < 1.29 is 9.22 Å². The second kappa shape index (κ2) is 3.67. The molecule has 98 valence electrons. The maximum atomic E-state index is 11.3. The zero-order valence-electron chi connectivity index (χ0n) is 11.9. The molecule has 2 nitrogen and oxygen atoms in total. The van der Waals surface area contributed by atoms with Crippen molar-refractivity contribution in [1.82, 2.24) is 0 Å². The van der Waals surface area contributed by atoms with Crippen molar-refractivity contribution >= 4 is 14.6 Å². The third-order valence-electron chi connectivity index (χ3n) is 5.60. The molecule has 0 unspecified atom stereocenters. The van der Waals surface area contributed by atoms with Crippen LogP contribution in [0.25, 0.3) is 0 Å². The lowest BCUT2D eigenvalue weighted by atomic mass is 9.99. The van der Waals surface area contributed by atoms with Crippen molar-refractivity contribution in [2.24, 2.45) is 10.8 Å². The lowest BCUT2D eigenvalue weighted by Crippen LogP contribution is -2.42. The van der Waals surface area contributed by atoms with Gasteiger partial charge in [0, 0.05) is 17.4 Å². The van der Waals surface area contributed by atoms with Crippen LogP contribution in [0.3, 0.4) is 0 Å². The summed E-state index contributed by atoms with van der Waals surface area (Å²) in [6.45, 7) is 12.2. The average molecular weight is 254 g/mol. The molecule has 2 aliphatic carbocycles. The molecule has 0 spiro atoms. The van der Waals surface area contributed by atoms with Gasteiger partial charge in [-0.1, -0.05) is 27.2 Å². The van der Waals surface area contributed by atoms with Crippen LogP contribution in [0.1, 0.15) is 46.5 Å². The highest BCUT2D eigenvalue weighted by atomic mass is 28.4. The maximum absolute atomic E-state index is 11.3. The topological polar surface area (TPSA) is 26.3 Å². The Balaban J connectivity index is 1.99. The molecule has 2 aliphatic rings. The molecular weight excluding hydrogens is 228 g/mol. The first-order chi connectivity index (χ1) is 7.68. The summed E-state index contributed by atoms with van der Waals surface area (Å²) in [6.07, 6.45) is 5.80. The molecule has 0 saturated heterocycles. The first-order valence-corrected chi connectivity index (χ1v) is 9.69. The minimum atomic E-state index is -1.65. The van der Waals surface area contributed by atoms with Crippen LogP contribution in [0.5, 0.6) is 0 Å². The largest absolute Gasteiger partial charge is 0.416 e. The third kappa shape index (κ3) is 1.91. The number of rotatable bonds is 4. The molecule has 0 N–H and O–H groups in total. The summed E-state index contributed by atoms with van der Waals surface area (Å²) in [6, 6.07) is 0. The Morgan fingerprint density at radius 1 is 1.29 bits per heavy atom. The predicted molar refractivity (Wildman–Crippen MR) is 72.5 cm³/mol. The lowest BCUT2D eigenvalue weighted by Gasteiger charge is -2.37. The maximum Gasteiger partial charge on any atom is 0.192 e. The number of hydrogen-bond acceptors (Lipinski definition) is 2. The van der Waals surface area contributed by atoms with Crippen molar-refractivity contribution in [1.29, 1.82) is 0 Å². The number of hydrogen-bond donors (Lipinski definition) is 0. The smallest absolute Gasteiger partial charge is 0.192 e. The summed E-state index contributed by atoms with van der Waals surface area (Å²) in [5, 5.41) is 0.265. The van der Waals surface area contributed by atoms with E-state index in [1.807, 2.05) is 0 Å². The molecule has 2 saturated carbocycles. The van der Waals surface area contributed by atoms with Gasteiger partial charge in [-0.2, -0.15) is 0 Å². The van der Waals surface area contributed by atoms with E-state index in [-0.39, 0.29) is 15.9 Å². The summed E-state index contributed by atoms with van der Waals surface area (Å²) >= 11 is 0. The fraction of sp³-hybridized carbons (Fsp3) is 0.929. The molecule has 0 radical (unpaired) electrons. The molecular formula is C14H26O2Si. The van der Waals surface area contributed by atoms with Crippen LogP contribution in [-0.2, 0) is 9.22 Å². The summed E-state index contributed by atoms with van der Waals surface area (Å²) in [5.41, 5.74) is 0.236. The molecule has 0 bridgehead atoms.